The van der Waals surface area contributed by atoms with Gasteiger partial charge in [-0.3, -0.25) is 0 Å². The van der Waals surface area contributed by atoms with Gasteiger partial charge in [0, 0.05) is 0 Å². The Balaban J connectivity index is 1.85. The summed E-state index contributed by atoms with van der Waals surface area (Å²) in [6.07, 6.45) is 4.47. The normalized spacial score (nSPS) is 48.0. The topological polar surface area (TPSA) is 0 Å². The van der Waals surface area contributed by atoms with Crippen LogP contribution in [0.3, 0.4) is 0 Å². The Bertz CT molecular complexity index is 180. The molecule has 0 aliphatic heterocycles. The molecule has 1 spiro atoms. The van der Waals surface area contributed by atoms with Crippen LogP contribution in [0, 0.1) is 16.7 Å². The fourth-order valence-electron chi connectivity index (χ4n) is 2.47. The van der Waals surface area contributed by atoms with Gasteiger partial charge in [0.2, 0.25) is 0 Å². The zero-order valence-corrected chi connectivity index (χ0v) is 9.01. The molecule has 0 amide bonds. The largest absolute Gasteiger partial charge is 0.134 e. The van der Waals surface area contributed by atoms with Gasteiger partial charge in [-0.25, -0.2) is 0 Å². The average Bonchev–Trinajstić information content (AvgIpc) is 2.52. The molecule has 0 N–H and O–H groups in total. The predicted octanol–water partition coefficient (Wildman–Crippen LogP) is 3.08. The Morgan fingerprint density at radius 3 is 2.18 bits per heavy atom. The summed E-state index contributed by atoms with van der Waals surface area (Å²) in [5, 5.41) is 0. The third kappa shape index (κ3) is 1.35. The van der Waals surface area contributed by atoms with E-state index in [1.807, 2.05) is 0 Å². The highest BCUT2D eigenvalue weighted by atomic mass is 31.0. The maximum atomic E-state index is 2.99. The third-order valence-electron chi connectivity index (χ3n) is 3.32. The van der Waals surface area contributed by atoms with Crippen molar-refractivity contribution in [3.8, 4) is 0 Å². The molecule has 0 bridgehead atoms. The molecular weight excluding hydrogens is 151 g/mol. The summed E-state index contributed by atoms with van der Waals surface area (Å²) < 4.78 is 0. The minimum atomic E-state index is 0.557. The molecule has 2 saturated carbocycles. The molecule has 0 aromatic rings. The molecule has 0 heterocycles. The minimum absolute atomic E-state index is 0.557. The molecule has 1 heteroatoms. The third-order valence-corrected chi connectivity index (χ3v) is 4.22. The molecule has 0 aromatic carbocycles. The van der Waals surface area contributed by atoms with Gasteiger partial charge in [-0.1, -0.05) is 20.8 Å². The van der Waals surface area contributed by atoms with Crippen LogP contribution < -0.4 is 0 Å². The van der Waals surface area contributed by atoms with Crippen LogP contribution in [0.15, 0.2) is 0 Å². The van der Waals surface area contributed by atoms with Gasteiger partial charge in [-0.15, -0.1) is 9.24 Å². The highest BCUT2D eigenvalue weighted by Gasteiger charge is 2.68. The first-order chi connectivity index (χ1) is 4.94. The van der Waals surface area contributed by atoms with Crippen LogP contribution in [0.4, 0.5) is 0 Å². The summed E-state index contributed by atoms with van der Waals surface area (Å²) in [4.78, 5) is 0. The van der Waals surface area contributed by atoms with Crippen LogP contribution in [0.5, 0.6) is 0 Å². The van der Waals surface area contributed by atoms with Crippen molar-refractivity contribution in [1.82, 2.24) is 0 Å². The molecule has 2 fully saturated rings. The van der Waals surface area contributed by atoms with E-state index in [-0.39, 0.29) is 0 Å². The molecule has 11 heavy (non-hydrogen) atoms. The fraction of sp³-hybridized carbons (Fsp3) is 1.00. The monoisotopic (exact) mass is 170 g/mol. The molecular formula is C10H19P. The molecule has 4 atom stereocenters. The van der Waals surface area contributed by atoms with Crippen LogP contribution in [0.1, 0.15) is 40.0 Å². The first kappa shape index (κ1) is 8.05. The summed E-state index contributed by atoms with van der Waals surface area (Å²) in [5.41, 5.74) is 2.38. The molecule has 0 saturated heterocycles. The van der Waals surface area contributed by atoms with Crippen LogP contribution in [0.2, 0.25) is 0 Å². The molecule has 64 valence electrons. The van der Waals surface area contributed by atoms with Gasteiger partial charge in [0.15, 0.2) is 0 Å². The molecule has 4 unspecified atom stereocenters. The standard InChI is InChI=1S/C10H19P/c1-9(2,3)4-7-5-10(7)6-8(10)11/h7-8H,4-6,11H2,1-3H3. The van der Waals surface area contributed by atoms with E-state index in [0.29, 0.717) is 5.41 Å². The van der Waals surface area contributed by atoms with Crippen LogP contribution in [-0.4, -0.2) is 5.66 Å². The van der Waals surface area contributed by atoms with E-state index in [4.69, 9.17) is 0 Å². The van der Waals surface area contributed by atoms with Crippen molar-refractivity contribution in [3.63, 3.8) is 0 Å². The second-order valence-corrected chi connectivity index (χ2v) is 6.51. The van der Waals surface area contributed by atoms with Gasteiger partial charge < -0.3 is 0 Å². The van der Waals surface area contributed by atoms with Crippen molar-refractivity contribution in [1.29, 1.82) is 0 Å². The van der Waals surface area contributed by atoms with Crippen molar-refractivity contribution in [2.75, 3.05) is 0 Å². The van der Waals surface area contributed by atoms with E-state index >= 15 is 0 Å². The zero-order chi connectivity index (χ0) is 8.28. The van der Waals surface area contributed by atoms with E-state index < -0.39 is 0 Å². The second-order valence-electron chi connectivity index (χ2n) is 5.71. The van der Waals surface area contributed by atoms with E-state index in [2.05, 4.69) is 30.0 Å². The lowest BCUT2D eigenvalue weighted by atomic mass is 9.89. The first-order valence-corrected chi connectivity index (χ1v) is 5.36. The number of hydrogen-bond donors (Lipinski definition) is 0. The fourth-order valence-corrected chi connectivity index (χ4v) is 3.32. The van der Waals surface area contributed by atoms with E-state index in [9.17, 15) is 0 Å². The van der Waals surface area contributed by atoms with Crippen LogP contribution in [-0.2, 0) is 0 Å². The summed E-state index contributed by atoms with van der Waals surface area (Å²) >= 11 is 0. The highest BCUT2D eigenvalue weighted by Crippen LogP contribution is 2.75. The van der Waals surface area contributed by atoms with Gasteiger partial charge in [0.05, 0.1) is 0 Å². The number of hydrogen-bond acceptors (Lipinski definition) is 0. The van der Waals surface area contributed by atoms with Gasteiger partial charge in [-0.05, 0) is 41.7 Å². The SMILES string of the molecule is CC(C)(C)CC1CC12CC2P. The Morgan fingerprint density at radius 2 is 1.91 bits per heavy atom. The van der Waals surface area contributed by atoms with Crippen molar-refractivity contribution < 1.29 is 0 Å². The smallest absolute Gasteiger partial charge is 0.0197 e. The van der Waals surface area contributed by atoms with Crippen molar-refractivity contribution >= 4 is 9.24 Å². The van der Waals surface area contributed by atoms with Gasteiger partial charge in [0.25, 0.3) is 0 Å². The molecule has 2 rings (SSSR count). The summed E-state index contributed by atoms with van der Waals surface area (Å²) in [6.45, 7) is 7.08. The Labute approximate surface area is 72.3 Å². The predicted molar refractivity (Wildman–Crippen MR) is 52.7 cm³/mol. The average molecular weight is 170 g/mol. The van der Waals surface area contributed by atoms with Crippen LogP contribution >= 0.6 is 9.24 Å². The van der Waals surface area contributed by atoms with E-state index in [1.165, 1.54) is 19.3 Å². The quantitative estimate of drug-likeness (QED) is 0.530. The molecule has 2 aliphatic rings. The van der Waals surface area contributed by atoms with Crippen molar-refractivity contribution in [2.45, 2.75) is 45.7 Å². The maximum absolute atomic E-state index is 2.99. The first-order valence-electron chi connectivity index (χ1n) is 4.70. The molecule has 2 aliphatic carbocycles. The van der Waals surface area contributed by atoms with Crippen molar-refractivity contribution in [2.24, 2.45) is 16.7 Å². The van der Waals surface area contributed by atoms with Gasteiger partial charge >= 0.3 is 0 Å². The Hall–Kier alpha value is 0.430. The molecule has 0 aromatic heterocycles. The van der Waals surface area contributed by atoms with Crippen molar-refractivity contribution in [3.05, 3.63) is 0 Å². The van der Waals surface area contributed by atoms with Gasteiger partial charge in [-0.2, -0.15) is 0 Å². The number of rotatable bonds is 1. The Morgan fingerprint density at radius 1 is 1.36 bits per heavy atom. The lowest BCUT2D eigenvalue weighted by Gasteiger charge is -2.17. The summed E-state index contributed by atoms with van der Waals surface area (Å²) in [6, 6.07) is 0. The summed E-state index contributed by atoms with van der Waals surface area (Å²) in [5.74, 6) is 1.07. The lowest BCUT2D eigenvalue weighted by molar-refractivity contribution is 0.342. The Kier molecular flexibility index (Phi) is 1.48. The minimum Gasteiger partial charge on any atom is -0.134 e. The van der Waals surface area contributed by atoms with Crippen LogP contribution in [0.25, 0.3) is 0 Å². The lowest BCUT2D eigenvalue weighted by Crippen LogP contribution is -2.06. The zero-order valence-electron chi connectivity index (χ0n) is 7.85. The highest BCUT2D eigenvalue weighted by molar-refractivity contribution is 7.18. The molecule has 0 radical (unpaired) electrons. The second kappa shape index (κ2) is 2.02. The summed E-state index contributed by atoms with van der Waals surface area (Å²) in [7, 11) is 2.99. The van der Waals surface area contributed by atoms with E-state index in [0.717, 1.165) is 17.0 Å². The van der Waals surface area contributed by atoms with E-state index in [1.54, 1.807) is 0 Å². The molecule has 0 nitrogen and oxygen atoms in total. The van der Waals surface area contributed by atoms with Gasteiger partial charge in [0.1, 0.15) is 0 Å². The maximum Gasteiger partial charge on any atom is -0.0197 e.